The van der Waals surface area contributed by atoms with Gasteiger partial charge in [0.25, 0.3) is 0 Å². The van der Waals surface area contributed by atoms with E-state index in [9.17, 15) is 4.79 Å². The van der Waals surface area contributed by atoms with Crippen LogP contribution in [0.2, 0.25) is 0 Å². The number of rotatable bonds is 2. The van der Waals surface area contributed by atoms with Crippen LogP contribution in [0.1, 0.15) is 11.1 Å². The van der Waals surface area contributed by atoms with Crippen molar-refractivity contribution in [3.8, 4) is 16.9 Å². The largest absolute Gasteiger partial charge is 0.410 e. The van der Waals surface area contributed by atoms with Crippen molar-refractivity contribution in [1.82, 2.24) is 0 Å². The van der Waals surface area contributed by atoms with Crippen molar-refractivity contribution < 1.29 is 9.53 Å². The number of aryl methyl sites for hydroxylation is 2. The minimum absolute atomic E-state index is 0.458. The highest BCUT2D eigenvalue weighted by Crippen LogP contribution is 2.25. The molecule has 2 N–H and O–H groups in total. The molecule has 0 spiro atoms. The molecule has 18 heavy (non-hydrogen) atoms. The molecule has 0 aromatic heterocycles. The number of nitrogens with two attached hydrogens (primary N) is 1. The zero-order chi connectivity index (χ0) is 13.1. The van der Waals surface area contributed by atoms with E-state index in [-0.39, 0.29) is 0 Å². The molecule has 0 aliphatic carbocycles. The third-order valence-electron chi connectivity index (χ3n) is 2.61. The Balaban J connectivity index is 2.41. The van der Waals surface area contributed by atoms with Crippen LogP contribution in [-0.2, 0) is 0 Å². The van der Waals surface area contributed by atoms with Gasteiger partial charge in [0, 0.05) is 0 Å². The third kappa shape index (κ3) is 2.88. The second-order valence-electron chi connectivity index (χ2n) is 4.33. The van der Waals surface area contributed by atoms with Crippen molar-refractivity contribution >= 4 is 6.09 Å². The molecule has 2 aromatic carbocycles. The molecule has 2 rings (SSSR count). The minimum Gasteiger partial charge on any atom is -0.410 e. The van der Waals surface area contributed by atoms with Crippen LogP contribution < -0.4 is 10.5 Å². The molecule has 0 fully saturated rings. The molecular weight excluding hydrogens is 226 g/mol. The number of carbonyl (C=O) groups is 1. The summed E-state index contributed by atoms with van der Waals surface area (Å²) in [6, 6.07) is 13.6. The first-order valence-corrected chi connectivity index (χ1v) is 5.70. The Hall–Kier alpha value is -2.29. The van der Waals surface area contributed by atoms with Crippen molar-refractivity contribution in [2.24, 2.45) is 5.73 Å². The standard InChI is InChI=1S/C15H15NO2/c1-10-6-11(2)8-13(7-10)12-4-3-5-14(9-12)18-15(16)17/h3-9H,1-2H3,(H2,16,17). The summed E-state index contributed by atoms with van der Waals surface area (Å²) in [5.41, 5.74) is 9.50. The highest BCUT2D eigenvalue weighted by molar-refractivity contribution is 5.71. The average Bonchev–Trinajstić information content (AvgIpc) is 2.27. The fourth-order valence-corrected chi connectivity index (χ4v) is 2.00. The number of carbonyl (C=O) groups excluding carboxylic acids is 1. The van der Waals surface area contributed by atoms with Crippen LogP contribution in [0.3, 0.4) is 0 Å². The van der Waals surface area contributed by atoms with Gasteiger partial charge in [-0.3, -0.25) is 0 Å². The summed E-state index contributed by atoms with van der Waals surface area (Å²) in [7, 11) is 0. The predicted molar refractivity (Wildman–Crippen MR) is 71.6 cm³/mol. The van der Waals surface area contributed by atoms with Crippen molar-refractivity contribution in [2.75, 3.05) is 0 Å². The lowest BCUT2D eigenvalue weighted by molar-refractivity contribution is 0.211. The molecule has 0 atom stereocenters. The van der Waals surface area contributed by atoms with Gasteiger partial charge in [-0.25, -0.2) is 4.79 Å². The number of hydrogen-bond acceptors (Lipinski definition) is 2. The van der Waals surface area contributed by atoms with E-state index >= 15 is 0 Å². The van der Waals surface area contributed by atoms with Crippen LogP contribution in [0.25, 0.3) is 11.1 Å². The summed E-state index contributed by atoms with van der Waals surface area (Å²) in [6.07, 6.45) is -0.799. The maximum Gasteiger partial charge on any atom is 0.409 e. The van der Waals surface area contributed by atoms with Gasteiger partial charge < -0.3 is 10.5 Å². The second kappa shape index (κ2) is 4.92. The van der Waals surface area contributed by atoms with E-state index in [2.05, 4.69) is 32.0 Å². The van der Waals surface area contributed by atoms with Gasteiger partial charge in [0.1, 0.15) is 5.75 Å². The number of primary amides is 1. The molecule has 0 aliphatic rings. The minimum atomic E-state index is -0.799. The molecule has 0 saturated heterocycles. The quantitative estimate of drug-likeness (QED) is 0.875. The number of ether oxygens (including phenoxy) is 1. The molecule has 0 bridgehead atoms. The fourth-order valence-electron chi connectivity index (χ4n) is 2.00. The Morgan fingerprint density at radius 1 is 1.00 bits per heavy atom. The highest BCUT2D eigenvalue weighted by Gasteiger charge is 2.03. The molecule has 0 heterocycles. The molecule has 2 aromatic rings. The Kier molecular flexibility index (Phi) is 3.33. The van der Waals surface area contributed by atoms with Gasteiger partial charge in [-0.2, -0.15) is 0 Å². The van der Waals surface area contributed by atoms with Crippen LogP contribution in [0, 0.1) is 13.8 Å². The van der Waals surface area contributed by atoms with Crippen molar-refractivity contribution in [2.45, 2.75) is 13.8 Å². The summed E-state index contributed by atoms with van der Waals surface area (Å²) in [4.78, 5) is 10.7. The van der Waals surface area contributed by atoms with E-state index in [0.717, 1.165) is 11.1 Å². The van der Waals surface area contributed by atoms with E-state index in [1.54, 1.807) is 12.1 Å². The normalized spacial score (nSPS) is 10.1. The molecule has 0 unspecified atom stereocenters. The maximum atomic E-state index is 10.7. The highest BCUT2D eigenvalue weighted by atomic mass is 16.5. The van der Waals surface area contributed by atoms with Gasteiger partial charge in [-0.05, 0) is 37.1 Å². The van der Waals surface area contributed by atoms with Gasteiger partial charge in [0.05, 0.1) is 0 Å². The summed E-state index contributed by atoms with van der Waals surface area (Å²) in [6.45, 7) is 4.11. The van der Waals surface area contributed by atoms with Crippen molar-refractivity contribution in [1.29, 1.82) is 0 Å². The Labute approximate surface area is 106 Å². The second-order valence-corrected chi connectivity index (χ2v) is 4.33. The fraction of sp³-hybridized carbons (Fsp3) is 0.133. The SMILES string of the molecule is Cc1cc(C)cc(-c2cccc(OC(N)=O)c2)c1. The summed E-state index contributed by atoms with van der Waals surface area (Å²) in [5, 5.41) is 0. The van der Waals surface area contributed by atoms with Gasteiger partial charge in [0.2, 0.25) is 0 Å². The van der Waals surface area contributed by atoms with E-state index in [0.29, 0.717) is 5.75 Å². The number of benzene rings is 2. The van der Waals surface area contributed by atoms with Crippen LogP contribution in [-0.4, -0.2) is 6.09 Å². The lowest BCUT2D eigenvalue weighted by atomic mass is 10.0. The summed E-state index contributed by atoms with van der Waals surface area (Å²) in [5.74, 6) is 0.458. The lowest BCUT2D eigenvalue weighted by Crippen LogP contribution is -2.16. The Morgan fingerprint density at radius 2 is 1.67 bits per heavy atom. The van der Waals surface area contributed by atoms with Crippen LogP contribution in [0.5, 0.6) is 5.75 Å². The predicted octanol–water partition coefficient (Wildman–Crippen LogP) is 3.43. The molecule has 92 valence electrons. The van der Waals surface area contributed by atoms with Gasteiger partial charge in [0.15, 0.2) is 0 Å². The van der Waals surface area contributed by atoms with Crippen molar-refractivity contribution in [3.05, 3.63) is 53.6 Å². The lowest BCUT2D eigenvalue weighted by Gasteiger charge is -2.07. The van der Waals surface area contributed by atoms with E-state index < -0.39 is 6.09 Å². The zero-order valence-corrected chi connectivity index (χ0v) is 10.4. The molecule has 0 saturated carbocycles. The van der Waals surface area contributed by atoms with Crippen LogP contribution in [0.4, 0.5) is 4.79 Å². The van der Waals surface area contributed by atoms with Crippen LogP contribution >= 0.6 is 0 Å². The number of hydrogen-bond donors (Lipinski definition) is 1. The van der Waals surface area contributed by atoms with Crippen LogP contribution in [0.15, 0.2) is 42.5 Å². The molecule has 1 amide bonds. The zero-order valence-electron chi connectivity index (χ0n) is 10.4. The van der Waals surface area contributed by atoms with Gasteiger partial charge in [-0.1, -0.05) is 41.5 Å². The van der Waals surface area contributed by atoms with E-state index in [4.69, 9.17) is 10.5 Å². The molecule has 3 nitrogen and oxygen atoms in total. The summed E-state index contributed by atoms with van der Waals surface area (Å²) >= 11 is 0. The first-order chi connectivity index (χ1) is 8.54. The Morgan fingerprint density at radius 3 is 2.28 bits per heavy atom. The first-order valence-electron chi connectivity index (χ1n) is 5.70. The molecule has 0 aliphatic heterocycles. The third-order valence-corrected chi connectivity index (χ3v) is 2.61. The molecule has 3 heteroatoms. The van der Waals surface area contributed by atoms with Gasteiger partial charge in [-0.15, -0.1) is 0 Å². The monoisotopic (exact) mass is 241 g/mol. The smallest absolute Gasteiger partial charge is 0.409 e. The molecular formula is C15H15NO2. The topological polar surface area (TPSA) is 52.3 Å². The molecule has 0 radical (unpaired) electrons. The van der Waals surface area contributed by atoms with Crippen molar-refractivity contribution in [3.63, 3.8) is 0 Å². The average molecular weight is 241 g/mol. The Bertz CT molecular complexity index is 571. The van der Waals surface area contributed by atoms with Gasteiger partial charge >= 0.3 is 6.09 Å². The van der Waals surface area contributed by atoms with E-state index in [1.165, 1.54) is 11.1 Å². The van der Waals surface area contributed by atoms with E-state index in [1.807, 2.05) is 12.1 Å². The number of amides is 1. The maximum absolute atomic E-state index is 10.7. The summed E-state index contributed by atoms with van der Waals surface area (Å²) < 4.78 is 4.88. The first kappa shape index (κ1) is 12.2.